The maximum Gasteiger partial charge on any atom is 0.161 e. The summed E-state index contributed by atoms with van der Waals surface area (Å²) in [6, 6.07) is 6.30. The number of hydrogen-bond acceptors (Lipinski definition) is 3. The van der Waals surface area contributed by atoms with Crippen LogP contribution >= 0.6 is 27.7 Å². The molecule has 1 aromatic carbocycles. The van der Waals surface area contributed by atoms with Crippen LogP contribution < -0.4 is 5.32 Å². The molecule has 1 heterocycles. The number of thioether (sulfide) groups is 1. The van der Waals surface area contributed by atoms with Crippen molar-refractivity contribution in [1.29, 1.82) is 0 Å². The number of halogens is 1. The van der Waals surface area contributed by atoms with Gasteiger partial charge in [-0.05, 0) is 43.5 Å². The van der Waals surface area contributed by atoms with E-state index < -0.39 is 0 Å². The summed E-state index contributed by atoms with van der Waals surface area (Å²) in [6.45, 7) is 6.54. The normalized spacial score (nSPS) is 17.7. The first-order valence-electron chi connectivity index (χ1n) is 6.34. The molecule has 0 spiro atoms. The highest BCUT2D eigenvalue weighted by Crippen LogP contribution is 2.34. The Hall–Kier alpha value is -0.480. The Kier molecular flexibility index (Phi) is 4.38. The van der Waals surface area contributed by atoms with E-state index in [1.807, 2.05) is 11.8 Å². The van der Waals surface area contributed by atoms with Gasteiger partial charge in [-0.3, -0.25) is 4.99 Å². The number of rotatable bonds is 3. The molecule has 1 aromatic rings. The van der Waals surface area contributed by atoms with E-state index in [0.29, 0.717) is 0 Å². The summed E-state index contributed by atoms with van der Waals surface area (Å²) in [4.78, 5) is 4.86. The first kappa shape index (κ1) is 13.9. The van der Waals surface area contributed by atoms with E-state index in [2.05, 4.69) is 60.2 Å². The van der Waals surface area contributed by atoms with Gasteiger partial charge in [0.1, 0.15) is 0 Å². The Morgan fingerprint density at radius 1 is 1.39 bits per heavy atom. The Balaban J connectivity index is 2.13. The zero-order chi connectivity index (χ0) is 13.2. The Morgan fingerprint density at radius 2 is 2.11 bits per heavy atom. The average molecular weight is 327 g/mol. The van der Waals surface area contributed by atoms with Crippen molar-refractivity contribution in [1.82, 2.24) is 0 Å². The largest absolute Gasteiger partial charge is 0.335 e. The third-order valence-electron chi connectivity index (χ3n) is 3.54. The summed E-state index contributed by atoms with van der Waals surface area (Å²) in [7, 11) is 0. The van der Waals surface area contributed by atoms with Crippen LogP contribution in [0, 0.1) is 6.92 Å². The van der Waals surface area contributed by atoms with E-state index >= 15 is 0 Å². The molecule has 0 radical (unpaired) electrons. The second-order valence-corrected chi connectivity index (χ2v) is 6.54. The van der Waals surface area contributed by atoms with Gasteiger partial charge >= 0.3 is 0 Å². The van der Waals surface area contributed by atoms with Gasteiger partial charge in [0.2, 0.25) is 0 Å². The molecule has 1 N–H and O–H groups in total. The third kappa shape index (κ3) is 2.91. The molecular weight excluding hydrogens is 308 g/mol. The van der Waals surface area contributed by atoms with Crippen LogP contribution in [-0.2, 0) is 0 Å². The van der Waals surface area contributed by atoms with Crippen LogP contribution in [0.2, 0.25) is 0 Å². The van der Waals surface area contributed by atoms with Crippen molar-refractivity contribution in [3.63, 3.8) is 0 Å². The monoisotopic (exact) mass is 326 g/mol. The number of aliphatic imine (C=N–C) groups is 1. The second-order valence-electron chi connectivity index (χ2n) is 4.73. The van der Waals surface area contributed by atoms with Gasteiger partial charge in [-0.15, -0.1) is 0 Å². The van der Waals surface area contributed by atoms with Crippen LogP contribution in [-0.4, -0.2) is 16.5 Å². The third-order valence-corrected chi connectivity index (χ3v) is 5.58. The van der Waals surface area contributed by atoms with E-state index in [0.717, 1.165) is 33.9 Å². The number of hydrogen-bond donors (Lipinski definition) is 1. The fourth-order valence-electron chi connectivity index (χ4n) is 2.00. The van der Waals surface area contributed by atoms with Crippen molar-refractivity contribution in [2.24, 2.45) is 4.99 Å². The second kappa shape index (κ2) is 5.66. The van der Waals surface area contributed by atoms with Crippen LogP contribution in [0.5, 0.6) is 0 Å². The fraction of sp³-hybridized carbons (Fsp3) is 0.500. The van der Waals surface area contributed by atoms with Gasteiger partial charge in [0.05, 0.1) is 5.54 Å². The topological polar surface area (TPSA) is 24.4 Å². The van der Waals surface area contributed by atoms with Crippen LogP contribution in [0.3, 0.4) is 0 Å². The molecule has 0 bridgehead atoms. The predicted molar refractivity (Wildman–Crippen MR) is 85.7 cm³/mol. The van der Waals surface area contributed by atoms with Crippen molar-refractivity contribution in [2.75, 3.05) is 11.1 Å². The molecule has 98 valence electrons. The van der Waals surface area contributed by atoms with Gasteiger partial charge in [-0.2, -0.15) is 0 Å². The van der Waals surface area contributed by atoms with Crippen molar-refractivity contribution in [3.8, 4) is 0 Å². The molecule has 0 atom stereocenters. The van der Waals surface area contributed by atoms with Crippen molar-refractivity contribution in [3.05, 3.63) is 28.2 Å². The molecule has 4 heteroatoms. The summed E-state index contributed by atoms with van der Waals surface area (Å²) >= 11 is 5.35. The lowest BCUT2D eigenvalue weighted by Crippen LogP contribution is -2.24. The Labute approximate surface area is 122 Å². The highest BCUT2D eigenvalue weighted by Gasteiger charge is 2.32. The molecule has 18 heavy (non-hydrogen) atoms. The number of amidine groups is 1. The fourth-order valence-corrected chi connectivity index (χ4v) is 3.58. The number of nitrogens with one attached hydrogen (secondary N) is 1. The van der Waals surface area contributed by atoms with Gasteiger partial charge in [-0.1, -0.05) is 41.5 Å². The SMILES string of the molecule is CCC1(CC)CSC(Nc2ccc(Br)c(C)c2)=N1. The smallest absolute Gasteiger partial charge is 0.161 e. The number of anilines is 1. The van der Waals surface area contributed by atoms with E-state index in [-0.39, 0.29) is 5.54 Å². The molecule has 0 fully saturated rings. The van der Waals surface area contributed by atoms with Crippen molar-refractivity contribution < 1.29 is 0 Å². The first-order valence-corrected chi connectivity index (χ1v) is 8.12. The summed E-state index contributed by atoms with van der Waals surface area (Å²) in [5.41, 5.74) is 2.50. The van der Waals surface area contributed by atoms with Crippen molar-refractivity contribution >= 4 is 38.5 Å². The van der Waals surface area contributed by atoms with Gasteiger partial charge in [-0.25, -0.2) is 0 Å². The maximum absolute atomic E-state index is 4.86. The Bertz CT molecular complexity index is 467. The number of benzene rings is 1. The van der Waals surface area contributed by atoms with Crippen LogP contribution in [0.25, 0.3) is 0 Å². The van der Waals surface area contributed by atoms with Gasteiger partial charge in [0, 0.05) is 15.9 Å². The quantitative estimate of drug-likeness (QED) is 0.860. The molecule has 0 unspecified atom stereocenters. The highest BCUT2D eigenvalue weighted by atomic mass is 79.9. The molecule has 0 amide bonds. The molecule has 1 aliphatic rings. The average Bonchev–Trinajstić information content (AvgIpc) is 2.78. The standard InChI is InChI=1S/C14H19BrN2S/c1-4-14(5-2)9-18-13(17-14)16-11-6-7-12(15)10(3)8-11/h6-8H,4-5,9H2,1-3H3,(H,16,17). The lowest BCUT2D eigenvalue weighted by atomic mass is 9.97. The summed E-state index contributed by atoms with van der Waals surface area (Å²) in [6.07, 6.45) is 2.22. The minimum Gasteiger partial charge on any atom is -0.335 e. The molecule has 0 aromatic heterocycles. The Morgan fingerprint density at radius 3 is 2.67 bits per heavy atom. The van der Waals surface area contributed by atoms with Crippen LogP contribution in [0.4, 0.5) is 5.69 Å². The zero-order valence-corrected chi connectivity index (χ0v) is 13.5. The van der Waals surface area contributed by atoms with Crippen LogP contribution in [0.1, 0.15) is 32.3 Å². The van der Waals surface area contributed by atoms with Crippen LogP contribution in [0.15, 0.2) is 27.7 Å². The van der Waals surface area contributed by atoms with Crippen molar-refractivity contribution in [2.45, 2.75) is 39.2 Å². The van der Waals surface area contributed by atoms with Gasteiger partial charge in [0.15, 0.2) is 5.17 Å². The molecule has 0 saturated heterocycles. The first-order chi connectivity index (χ1) is 8.58. The lowest BCUT2D eigenvalue weighted by molar-refractivity contribution is 0.456. The summed E-state index contributed by atoms with van der Waals surface area (Å²) in [5.74, 6) is 1.10. The lowest BCUT2D eigenvalue weighted by Gasteiger charge is -2.20. The van der Waals surface area contributed by atoms with E-state index in [1.165, 1.54) is 5.56 Å². The molecule has 0 saturated carbocycles. The maximum atomic E-state index is 4.86. The van der Waals surface area contributed by atoms with Gasteiger partial charge < -0.3 is 5.32 Å². The minimum absolute atomic E-state index is 0.150. The molecule has 0 aliphatic carbocycles. The number of nitrogens with zero attached hydrogens (tertiary/aromatic N) is 1. The minimum atomic E-state index is 0.150. The zero-order valence-electron chi connectivity index (χ0n) is 11.1. The predicted octanol–water partition coefficient (Wildman–Crippen LogP) is 4.83. The number of aryl methyl sites for hydroxylation is 1. The van der Waals surface area contributed by atoms with E-state index in [1.54, 1.807) is 0 Å². The molecule has 2 rings (SSSR count). The summed E-state index contributed by atoms with van der Waals surface area (Å²) < 4.78 is 1.14. The molecule has 2 nitrogen and oxygen atoms in total. The van der Waals surface area contributed by atoms with E-state index in [9.17, 15) is 0 Å². The summed E-state index contributed by atoms with van der Waals surface area (Å²) in [5, 5.41) is 4.48. The highest BCUT2D eigenvalue weighted by molar-refractivity contribution is 9.10. The molecular formula is C14H19BrN2S. The van der Waals surface area contributed by atoms with Gasteiger partial charge in [0.25, 0.3) is 0 Å². The van der Waals surface area contributed by atoms with E-state index in [4.69, 9.17) is 4.99 Å². The molecule has 1 aliphatic heterocycles.